The Kier molecular flexibility index (Phi) is 3.43. The molecule has 2 atom stereocenters. The van der Waals surface area contributed by atoms with Crippen LogP contribution in [0.3, 0.4) is 0 Å². The van der Waals surface area contributed by atoms with Crippen LogP contribution in [0.2, 0.25) is 0 Å². The third-order valence-electron chi connectivity index (χ3n) is 2.10. The molecule has 0 saturated carbocycles. The van der Waals surface area contributed by atoms with Gasteiger partial charge in [0.2, 0.25) is 0 Å². The molecule has 1 saturated heterocycles. The maximum atomic E-state index is 9.58. The third-order valence-corrected chi connectivity index (χ3v) is 3.84. The van der Waals surface area contributed by atoms with Crippen LogP contribution < -0.4 is 5.32 Å². The number of aromatic nitrogens is 1. The minimum absolute atomic E-state index is 0.226. The lowest BCUT2D eigenvalue weighted by molar-refractivity contribution is 0.201. The van der Waals surface area contributed by atoms with Gasteiger partial charge in [0.25, 0.3) is 0 Å². The molecule has 0 amide bonds. The fourth-order valence-electron chi connectivity index (χ4n) is 1.35. The number of hydrogen-bond acceptors (Lipinski definition) is 4. The average Bonchev–Trinajstić information content (AvgIpc) is 2.56. The lowest BCUT2D eigenvalue weighted by Crippen LogP contribution is -2.19. The number of nitrogens with one attached hydrogen (secondary N) is 1. The Labute approximate surface area is 95.4 Å². The van der Waals surface area contributed by atoms with Crippen LogP contribution in [0.5, 0.6) is 0 Å². The fourth-order valence-corrected chi connectivity index (χ4v) is 2.61. The van der Waals surface area contributed by atoms with E-state index in [0.29, 0.717) is 6.54 Å². The summed E-state index contributed by atoms with van der Waals surface area (Å²) in [5, 5.41) is 13.9. The molecule has 0 aliphatic carbocycles. The van der Waals surface area contributed by atoms with Crippen molar-refractivity contribution in [1.29, 1.82) is 0 Å². The van der Waals surface area contributed by atoms with E-state index in [-0.39, 0.29) is 11.4 Å². The third kappa shape index (κ3) is 2.48. The number of thioether (sulfide) groups is 1. The van der Waals surface area contributed by atoms with E-state index in [1.54, 1.807) is 18.0 Å². The van der Waals surface area contributed by atoms with E-state index < -0.39 is 0 Å². The van der Waals surface area contributed by atoms with Crippen molar-refractivity contribution in [2.24, 2.45) is 0 Å². The minimum Gasteiger partial charge on any atom is -0.391 e. The zero-order chi connectivity index (χ0) is 9.97. The first-order valence-corrected chi connectivity index (χ1v) is 6.10. The number of pyridine rings is 1. The summed E-state index contributed by atoms with van der Waals surface area (Å²) >= 11 is 4.96. The first-order valence-electron chi connectivity index (χ1n) is 4.43. The topological polar surface area (TPSA) is 45.1 Å². The lowest BCUT2D eigenvalue weighted by atomic mass is 10.3. The normalized spacial score (nSPS) is 26.7. The first-order chi connectivity index (χ1) is 6.75. The minimum atomic E-state index is -0.259. The average molecular weight is 275 g/mol. The summed E-state index contributed by atoms with van der Waals surface area (Å²) in [5.41, 5.74) is 0. The van der Waals surface area contributed by atoms with Crippen LogP contribution in [-0.2, 0) is 0 Å². The summed E-state index contributed by atoms with van der Waals surface area (Å²) in [7, 11) is 0. The van der Waals surface area contributed by atoms with Crippen molar-refractivity contribution < 1.29 is 5.11 Å². The zero-order valence-electron chi connectivity index (χ0n) is 7.48. The lowest BCUT2D eigenvalue weighted by Gasteiger charge is -2.11. The van der Waals surface area contributed by atoms with Gasteiger partial charge in [0, 0.05) is 23.8 Å². The van der Waals surface area contributed by atoms with E-state index in [9.17, 15) is 5.11 Å². The molecule has 2 rings (SSSR count). The van der Waals surface area contributed by atoms with E-state index >= 15 is 0 Å². The van der Waals surface area contributed by atoms with Crippen molar-refractivity contribution in [3.63, 3.8) is 0 Å². The summed E-state index contributed by atoms with van der Waals surface area (Å²) in [5.74, 6) is 0. The molecule has 3 nitrogen and oxygen atoms in total. The standard InChI is InChI=1S/C9H11BrN2OS/c10-6-1-2-9(12-3-6)14-8-5-11-4-7(8)13/h1-3,7-8,11,13H,4-5H2. The Morgan fingerprint density at radius 2 is 2.36 bits per heavy atom. The quantitative estimate of drug-likeness (QED) is 0.853. The molecule has 1 aliphatic heterocycles. The number of β-amino-alcohol motifs (C(OH)–C–C–N with tert-alkyl or cyclic N) is 1. The van der Waals surface area contributed by atoms with Crippen molar-refractivity contribution in [3.8, 4) is 0 Å². The SMILES string of the molecule is OC1CNCC1Sc1ccc(Br)cn1. The summed E-state index contributed by atoms with van der Waals surface area (Å²) in [6, 6.07) is 3.92. The smallest absolute Gasteiger partial charge is 0.0964 e. The summed E-state index contributed by atoms with van der Waals surface area (Å²) in [6.07, 6.45) is 1.52. The Hall–Kier alpha value is -0.100. The molecule has 0 spiro atoms. The maximum absolute atomic E-state index is 9.58. The van der Waals surface area contributed by atoms with Crippen molar-refractivity contribution in [3.05, 3.63) is 22.8 Å². The number of rotatable bonds is 2. The highest BCUT2D eigenvalue weighted by atomic mass is 79.9. The van der Waals surface area contributed by atoms with Crippen LogP contribution >= 0.6 is 27.7 Å². The van der Waals surface area contributed by atoms with Crippen molar-refractivity contribution in [2.45, 2.75) is 16.4 Å². The molecule has 5 heteroatoms. The van der Waals surface area contributed by atoms with Crippen LogP contribution in [0.4, 0.5) is 0 Å². The van der Waals surface area contributed by atoms with E-state index in [1.807, 2.05) is 12.1 Å². The van der Waals surface area contributed by atoms with Crippen LogP contribution in [-0.4, -0.2) is 34.5 Å². The molecule has 0 aromatic carbocycles. The molecule has 1 aromatic heterocycles. The summed E-state index contributed by atoms with van der Waals surface area (Å²) in [4.78, 5) is 4.25. The van der Waals surface area contributed by atoms with E-state index in [1.165, 1.54) is 0 Å². The Morgan fingerprint density at radius 1 is 1.50 bits per heavy atom. The molecule has 2 N–H and O–H groups in total. The molecule has 0 radical (unpaired) electrons. The molecular weight excluding hydrogens is 264 g/mol. The van der Waals surface area contributed by atoms with Crippen LogP contribution in [0.25, 0.3) is 0 Å². The van der Waals surface area contributed by atoms with Crippen molar-refractivity contribution >= 4 is 27.7 Å². The fraction of sp³-hybridized carbons (Fsp3) is 0.444. The van der Waals surface area contributed by atoms with Crippen LogP contribution in [0.1, 0.15) is 0 Å². The largest absolute Gasteiger partial charge is 0.391 e. The number of aliphatic hydroxyl groups is 1. The summed E-state index contributed by atoms with van der Waals surface area (Å²) in [6.45, 7) is 1.54. The molecule has 1 aliphatic rings. The predicted octanol–water partition coefficient (Wildman–Crippen LogP) is 1.27. The summed E-state index contributed by atoms with van der Waals surface area (Å²) < 4.78 is 0.979. The second-order valence-electron chi connectivity index (χ2n) is 3.20. The van der Waals surface area contributed by atoms with Gasteiger partial charge >= 0.3 is 0 Å². The first kappa shape index (κ1) is 10.4. The van der Waals surface area contributed by atoms with Gasteiger partial charge in [0.15, 0.2) is 0 Å². The van der Waals surface area contributed by atoms with Gasteiger partial charge in [-0.3, -0.25) is 0 Å². The molecule has 0 bridgehead atoms. The number of aliphatic hydroxyl groups excluding tert-OH is 1. The molecule has 14 heavy (non-hydrogen) atoms. The number of halogens is 1. The van der Waals surface area contributed by atoms with Gasteiger partial charge in [0.05, 0.1) is 16.4 Å². The molecule has 2 unspecified atom stereocenters. The van der Waals surface area contributed by atoms with E-state index in [0.717, 1.165) is 16.0 Å². The highest BCUT2D eigenvalue weighted by molar-refractivity contribution is 9.10. The number of nitrogens with zero attached hydrogens (tertiary/aromatic N) is 1. The molecule has 76 valence electrons. The second-order valence-corrected chi connectivity index (χ2v) is 5.37. The van der Waals surface area contributed by atoms with E-state index in [4.69, 9.17) is 0 Å². The molecule has 1 fully saturated rings. The Bertz CT molecular complexity index is 306. The van der Waals surface area contributed by atoms with Gasteiger partial charge in [-0.2, -0.15) is 0 Å². The maximum Gasteiger partial charge on any atom is 0.0964 e. The Morgan fingerprint density at radius 3 is 2.93 bits per heavy atom. The van der Waals surface area contributed by atoms with Gasteiger partial charge in [-0.05, 0) is 28.1 Å². The van der Waals surface area contributed by atoms with Crippen LogP contribution in [0.15, 0.2) is 27.8 Å². The number of hydrogen-bond donors (Lipinski definition) is 2. The van der Waals surface area contributed by atoms with Crippen LogP contribution in [0, 0.1) is 0 Å². The van der Waals surface area contributed by atoms with Crippen molar-refractivity contribution in [2.75, 3.05) is 13.1 Å². The van der Waals surface area contributed by atoms with Gasteiger partial charge < -0.3 is 10.4 Å². The Balaban J connectivity index is 2.00. The highest BCUT2D eigenvalue weighted by Crippen LogP contribution is 2.26. The van der Waals surface area contributed by atoms with Gasteiger partial charge in [-0.1, -0.05) is 11.8 Å². The van der Waals surface area contributed by atoms with Gasteiger partial charge in [-0.25, -0.2) is 4.98 Å². The van der Waals surface area contributed by atoms with Gasteiger partial charge in [0.1, 0.15) is 0 Å². The molecule has 2 heterocycles. The highest BCUT2D eigenvalue weighted by Gasteiger charge is 2.25. The van der Waals surface area contributed by atoms with Crippen molar-refractivity contribution in [1.82, 2.24) is 10.3 Å². The van der Waals surface area contributed by atoms with E-state index in [2.05, 4.69) is 26.2 Å². The molecular formula is C9H11BrN2OS. The molecule has 1 aromatic rings. The monoisotopic (exact) mass is 274 g/mol. The predicted molar refractivity (Wildman–Crippen MR) is 60.5 cm³/mol. The second kappa shape index (κ2) is 4.61. The zero-order valence-corrected chi connectivity index (χ0v) is 9.88. The van der Waals surface area contributed by atoms with Gasteiger partial charge in [-0.15, -0.1) is 0 Å².